The van der Waals surface area contributed by atoms with Crippen LogP contribution < -0.4 is 5.73 Å². The van der Waals surface area contributed by atoms with Crippen LogP contribution in [0.15, 0.2) is 35.3 Å². The third-order valence-corrected chi connectivity index (χ3v) is 2.99. The summed E-state index contributed by atoms with van der Waals surface area (Å²) in [6.45, 7) is 4.42. The molecule has 1 aromatic carbocycles. The highest BCUT2D eigenvalue weighted by molar-refractivity contribution is 5.81. The number of benzene rings is 1. The van der Waals surface area contributed by atoms with E-state index in [1.54, 1.807) is 0 Å². The summed E-state index contributed by atoms with van der Waals surface area (Å²) < 4.78 is 5.45. The molecule has 92 valence electrons. The van der Waals surface area contributed by atoms with Crippen LogP contribution in [-0.4, -0.2) is 36.7 Å². The normalized spacial score (nSPS) is 21.6. The van der Waals surface area contributed by atoms with Crippen LogP contribution in [0.2, 0.25) is 0 Å². The zero-order valence-corrected chi connectivity index (χ0v) is 10.2. The molecule has 1 atom stereocenters. The summed E-state index contributed by atoms with van der Waals surface area (Å²) in [6, 6.07) is 10.1. The summed E-state index contributed by atoms with van der Waals surface area (Å²) in [6.07, 6.45) is 1.02. The number of aliphatic imine (C=N–C) groups is 1. The number of nitrogens with two attached hydrogens (primary N) is 1. The number of hydrogen-bond donors (Lipinski definition) is 1. The Labute approximate surface area is 102 Å². The molecule has 1 unspecified atom stereocenters. The number of nitrogens with zero attached hydrogens (tertiary/aromatic N) is 2. The van der Waals surface area contributed by atoms with Crippen molar-refractivity contribution in [2.75, 3.05) is 19.8 Å². The van der Waals surface area contributed by atoms with Gasteiger partial charge >= 0.3 is 0 Å². The van der Waals surface area contributed by atoms with Crippen LogP contribution in [0, 0.1) is 0 Å². The van der Waals surface area contributed by atoms with Crippen molar-refractivity contribution < 1.29 is 4.74 Å². The molecular formula is C13H19N3O. The van der Waals surface area contributed by atoms with Crippen LogP contribution in [0.4, 0.5) is 5.69 Å². The molecule has 0 spiro atoms. The number of para-hydroxylation sites is 1. The highest BCUT2D eigenvalue weighted by Crippen LogP contribution is 2.14. The number of hydrogen-bond acceptors (Lipinski definition) is 2. The van der Waals surface area contributed by atoms with Crippen LogP contribution in [0.3, 0.4) is 0 Å². The maximum absolute atomic E-state index is 6.07. The lowest BCUT2D eigenvalue weighted by atomic mass is 10.2. The molecule has 1 aliphatic heterocycles. The van der Waals surface area contributed by atoms with Gasteiger partial charge in [-0.25, -0.2) is 4.99 Å². The summed E-state index contributed by atoms with van der Waals surface area (Å²) in [5, 5.41) is 0. The van der Waals surface area contributed by atoms with Crippen molar-refractivity contribution in [1.82, 2.24) is 4.90 Å². The highest BCUT2D eigenvalue weighted by Gasteiger charge is 2.22. The highest BCUT2D eigenvalue weighted by atomic mass is 16.5. The molecule has 0 saturated carbocycles. The molecule has 4 nitrogen and oxygen atoms in total. The maximum atomic E-state index is 6.07. The van der Waals surface area contributed by atoms with E-state index >= 15 is 0 Å². The van der Waals surface area contributed by atoms with Gasteiger partial charge in [-0.1, -0.05) is 25.1 Å². The molecule has 1 heterocycles. The van der Waals surface area contributed by atoms with Crippen molar-refractivity contribution in [3.8, 4) is 0 Å². The maximum Gasteiger partial charge on any atom is 0.196 e. The van der Waals surface area contributed by atoms with Gasteiger partial charge in [0.25, 0.3) is 0 Å². The Balaban J connectivity index is 2.12. The second kappa shape index (κ2) is 5.68. The van der Waals surface area contributed by atoms with E-state index in [1.807, 2.05) is 30.3 Å². The Kier molecular flexibility index (Phi) is 3.98. The topological polar surface area (TPSA) is 50.9 Å². The third kappa shape index (κ3) is 2.97. The Morgan fingerprint density at radius 1 is 1.47 bits per heavy atom. The average molecular weight is 233 g/mol. The molecule has 2 rings (SSSR count). The van der Waals surface area contributed by atoms with Gasteiger partial charge in [-0.05, 0) is 18.6 Å². The molecule has 0 amide bonds. The van der Waals surface area contributed by atoms with E-state index in [0.717, 1.165) is 31.9 Å². The molecule has 4 heteroatoms. The Hall–Kier alpha value is -1.55. The Morgan fingerprint density at radius 3 is 2.94 bits per heavy atom. The molecule has 2 N–H and O–H groups in total. The van der Waals surface area contributed by atoms with Gasteiger partial charge in [0.2, 0.25) is 0 Å². The minimum absolute atomic E-state index is 0.344. The lowest BCUT2D eigenvalue weighted by molar-refractivity contribution is 0.0246. The van der Waals surface area contributed by atoms with Crippen molar-refractivity contribution in [3.05, 3.63) is 30.3 Å². The minimum Gasteiger partial charge on any atom is -0.377 e. The van der Waals surface area contributed by atoms with E-state index in [0.29, 0.717) is 12.0 Å². The predicted octanol–water partition coefficient (Wildman–Crippen LogP) is 1.74. The Morgan fingerprint density at radius 2 is 2.24 bits per heavy atom. The summed E-state index contributed by atoms with van der Waals surface area (Å²) in [5.74, 6) is 0.589. The molecule has 0 aromatic heterocycles. The predicted molar refractivity (Wildman–Crippen MR) is 69.3 cm³/mol. The molecule has 0 aliphatic carbocycles. The summed E-state index contributed by atoms with van der Waals surface area (Å²) >= 11 is 0. The largest absolute Gasteiger partial charge is 0.377 e. The van der Waals surface area contributed by atoms with E-state index in [-0.39, 0.29) is 0 Å². The lowest BCUT2D eigenvalue weighted by Gasteiger charge is -2.35. The first kappa shape index (κ1) is 11.9. The SMILES string of the molecule is CCC1COCCN1C(N)=Nc1ccccc1. The molecule has 0 bridgehead atoms. The van der Waals surface area contributed by atoms with E-state index < -0.39 is 0 Å². The van der Waals surface area contributed by atoms with Gasteiger partial charge in [-0.3, -0.25) is 0 Å². The second-order valence-electron chi connectivity index (χ2n) is 4.14. The van der Waals surface area contributed by atoms with Crippen LogP contribution in [-0.2, 0) is 4.74 Å². The van der Waals surface area contributed by atoms with Gasteiger partial charge < -0.3 is 15.4 Å². The van der Waals surface area contributed by atoms with Crippen molar-refractivity contribution >= 4 is 11.6 Å². The van der Waals surface area contributed by atoms with Crippen LogP contribution >= 0.6 is 0 Å². The van der Waals surface area contributed by atoms with Crippen LogP contribution in [0.5, 0.6) is 0 Å². The van der Waals surface area contributed by atoms with E-state index in [1.165, 1.54) is 0 Å². The first-order chi connectivity index (χ1) is 8.31. The first-order valence-electron chi connectivity index (χ1n) is 6.05. The fraction of sp³-hybridized carbons (Fsp3) is 0.462. The fourth-order valence-electron chi connectivity index (χ4n) is 1.99. The monoisotopic (exact) mass is 233 g/mol. The molecule has 1 fully saturated rings. The minimum atomic E-state index is 0.344. The molecule has 1 aromatic rings. The smallest absolute Gasteiger partial charge is 0.196 e. The Bertz CT molecular complexity index is 378. The molecule has 17 heavy (non-hydrogen) atoms. The number of ether oxygens (including phenoxy) is 1. The summed E-state index contributed by atoms with van der Waals surface area (Å²) in [5.41, 5.74) is 6.96. The first-order valence-corrected chi connectivity index (χ1v) is 6.05. The third-order valence-electron chi connectivity index (χ3n) is 2.99. The van der Waals surface area contributed by atoms with Crippen molar-refractivity contribution in [2.24, 2.45) is 10.7 Å². The van der Waals surface area contributed by atoms with Gasteiger partial charge in [0.1, 0.15) is 0 Å². The summed E-state index contributed by atoms with van der Waals surface area (Å²) in [7, 11) is 0. The average Bonchev–Trinajstić information content (AvgIpc) is 2.40. The molecular weight excluding hydrogens is 214 g/mol. The molecule has 0 radical (unpaired) electrons. The molecule has 1 saturated heterocycles. The molecule has 1 aliphatic rings. The van der Waals surface area contributed by atoms with Gasteiger partial charge in [-0.2, -0.15) is 0 Å². The van der Waals surface area contributed by atoms with Gasteiger partial charge in [0, 0.05) is 6.54 Å². The van der Waals surface area contributed by atoms with Gasteiger partial charge in [-0.15, -0.1) is 0 Å². The second-order valence-corrected chi connectivity index (χ2v) is 4.14. The van der Waals surface area contributed by atoms with Gasteiger partial charge in [0.15, 0.2) is 5.96 Å². The van der Waals surface area contributed by atoms with E-state index in [2.05, 4.69) is 16.8 Å². The van der Waals surface area contributed by atoms with Gasteiger partial charge in [0.05, 0.1) is 24.9 Å². The van der Waals surface area contributed by atoms with Crippen LogP contribution in [0.25, 0.3) is 0 Å². The van der Waals surface area contributed by atoms with Crippen LogP contribution in [0.1, 0.15) is 13.3 Å². The fourth-order valence-corrected chi connectivity index (χ4v) is 1.99. The number of morpholine rings is 1. The van der Waals surface area contributed by atoms with Crippen molar-refractivity contribution in [1.29, 1.82) is 0 Å². The van der Waals surface area contributed by atoms with Crippen molar-refractivity contribution in [3.63, 3.8) is 0 Å². The quantitative estimate of drug-likeness (QED) is 0.625. The zero-order chi connectivity index (χ0) is 12.1. The lowest BCUT2D eigenvalue weighted by Crippen LogP contribution is -2.51. The number of rotatable bonds is 2. The van der Waals surface area contributed by atoms with Crippen molar-refractivity contribution in [2.45, 2.75) is 19.4 Å². The van der Waals surface area contributed by atoms with E-state index in [4.69, 9.17) is 10.5 Å². The van der Waals surface area contributed by atoms with E-state index in [9.17, 15) is 0 Å². The summed E-state index contributed by atoms with van der Waals surface area (Å²) in [4.78, 5) is 6.58. The number of guanidine groups is 1. The zero-order valence-electron chi connectivity index (χ0n) is 10.2. The standard InChI is InChI=1S/C13H19N3O/c1-2-12-10-17-9-8-16(12)13(14)15-11-6-4-3-5-7-11/h3-7,12H,2,8-10H2,1H3,(H2,14,15).